The fourth-order valence-electron chi connectivity index (χ4n) is 1.57. The van der Waals surface area contributed by atoms with Crippen LogP contribution in [0.3, 0.4) is 0 Å². The quantitative estimate of drug-likeness (QED) is 0.459. The maximum absolute atomic E-state index is 11.1. The zero-order chi connectivity index (χ0) is 15.0. The number of nitrogens with two attached hydrogens (primary N) is 1. The second-order valence-corrected chi connectivity index (χ2v) is 6.00. The molecule has 7 nitrogen and oxygen atoms in total. The van der Waals surface area contributed by atoms with E-state index in [1.165, 1.54) is 0 Å². The Morgan fingerprint density at radius 3 is 2.75 bits per heavy atom. The summed E-state index contributed by atoms with van der Waals surface area (Å²) in [5.74, 6) is 7.83. The molecule has 1 rings (SSSR count). The normalized spacial score (nSPS) is 13.8. The molecule has 0 aromatic carbocycles. The zero-order valence-electron chi connectivity index (χ0n) is 12.2. The Kier molecular flexibility index (Phi) is 7.42. The molecule has 1 heterocycles. The van der Waals surface area contributed by atoms with E-state index in [-0.39, 0.29) is 6.04 Å². The van der Waals surface area contributed by atoms with E-state index in [1.54, 1.807) is 12.3 Å². The van der Waals surface area contributed by atoms with Gasteiger partial charge in [0.15, 0.2) is 5.82 Å². The van der Waals surface area contributed by atoms with E-state index in [2.05, 4.69) is 20.7 Å². The van der Waals surface area contributed by atoms with E-state index in [1.807, 2.05) is 13.8 Å². The molecule has 0 aliphatic heterocycles. The molecule has 1 aromatic heterocycles. The van der Waals surface area contributed by atoms with Crippen LogP contribution in [-0.2, 0) is 22.1 Å². The van der Waals surface area contributed by atoms with E-state index < -0.39 is 10.8 Å². The Hall–Kier alpha value is -1.25. The smallest absolute Gasteiger partial charge is 0.158 e. The van der Waals surface area contributed by atoms with Crippen molar-refractivity contribution in [2.75, 3.05) is 29.4 Å². The standard InChI is InChI=1S/C12H23N5O2S/c1-4-19-8-12-15-10(7-11(16-12)17-13)14-9(2)5-6-20(3)18/h7,9H,4-6,8,13H2,1-3H3,(H2,14,15,16,17). The van der Waals surface area contributed by atoms with Gasteiger partial charge in [-0.1, -0.05) is 0 Å². The number of anilines is 2. The van der Waals surface area contributed by atoms with Crippen molar-refractivity contribution in [2.45, 2.75) is 32.9 Å². The summed E-state index contributed by atoms with van der Waals surface area (Å²) in [4.78, 5) is 8.58. The molecule has 0 bridgehead atoms. The van der Waals surface area contributed by atoms with Gasteiger partial charge in [0.2, 0.25) is 0 Å². The van der Waals surface area contributed by atoms with Gasteiger partial charge in [0.05, 0.1) is 0 Å². The van der Waals surface area contributed by atoms with Crippen LogP contribution in [0.4, 0.5) is 11.6 Å². The Morgan fingerprint density at radius 2 is 2.15 bits per heavy atom. The minimum atomic E-state index is -0.784. The summed E-state index contributed by atoms with van der Waals surface area (Å²) in [5.41, 5.74) is 2.51. The Morgan fingerprint density at radius 1 is 1.45 bits per heavy atom. The number of hydrogen-bond donors (Lipinski definition) is 3. The highest BCUT2D eigenvalue weighted by Gasteiger charge is 2.08. The van der Waals surface area contributed by atoms with Gasteiger partial charge in [0, 0.05) is 41.5 Å². The number of rotatable bonds is 9. The second-order valence-electron chi connectivity index (χ2n) is 4.45. The van der Waals surface area contributed by atoms with Gasteiger partial charge in [-0.2, -0.15) is 0 Å². The van der Waals surface area contributed by atoms with Crippen molar-refractivity contribution in [2.24, 2.45) is 5.84 Å². The number of nitrogens with one attached hydrogen (secondary N) is 2. The molecule has 0 saturated carbocycles. The molecule has 0 radical (unpaired) electrons. The number of nitrogen functional groups attached to an aromatic ring is 1. The van der Waals surface area contributed by atoms with Gasteiger partial charge in [-0.25, -0.2) is 15.8 Å². The average molecular weight is 301 g/mol. The lowest BCUT2D eigenvalue weighted by Crippen LogP contribution is -2.20. The van der Waals surface area contributed by atoms with Crippen LogP contribution in [0.25, 0.3) is 0 Å². The molecule has 0 aliphatic carbocycles. The molecular formula is C12H23N5O2S. The molecule has 1 aromatic rings. The summed E-state index contributed by atoms with van der Waals surface area (Å²) >= 11 is 0. The van der Waals surface area contributed by atoms with Gasteiger partial charge in [-0.15, -0.1) is 0 Å². The predicted molar refractivity (Wildman–Crippen MR) is 81.8 cm³/mol. The molecule has 4 N–H and O–H groups in total. The highest BCUT2D eigenvalue weighted by atomic mass is 32.2. The van der Waals surface area contributed by atoms with E-state index in [4.69, 9.17) is 10.6 Å². The van der Waals surface area contributed by atoms with E-state index >= 15 is 0 Å². The van der Waals surface area contributed by atoms with Gasteiger partial charge in [-0.05, 0) is 20.3 Å². The fraction of sp³-hybridized carbons (Fsp3) is 0.667. The average Bonchev–Trinajstić information content (AvgIpc) is 2.42. The Balaban J connectivity index is 2.69. The van der Waals surface area contributed by atoms with Crippen molar-refractivity contribution >= 4 is 22.4 Å². The SMILES string of the molecule is CCOCc1nc(NN)cc(NC(C)CCS(C)=O)n1. The lowest BCUT2D eigenvalue weighted by molar-refractivity contribution is 0.128. The molecule has 2 unspecified atom stereocenters. The lowest BCUT2D eigenvalue weighted by atomic mass is 10.2. The van der Waals surface area contributed by atoms with Crippen LogP contribution in [-0.4, -0.2) is 38.8 Å². The highest BCUT2D eigenvalue weighted by molar-refractivity contribution is 7.84. The first-order chi connectivity index (χ1) is 9.55. The summed E-state index contributed by atoms with van der Waals surface area (Å²) in [5, 5.41) is 3.25. The van der Waals surface area contributed by atoms with Gasteiger partial charge in [-0.3, -0.25) is 4.21 Å². The topological polar surface area (TPSA) is 102 Å². The maximum Gasteiger partial charge on any atom is 0.158 e. The molecule has 0 amide bonds. The molecule has 114 valence electrons. The third-order valence-electron chi connectivity index (χ3n) is 2.59. The van der Waals surface area contributed by atoms with E-state index in [0.29, 0.717) is 36.4 Å². The van der Waals surface area contributed by atoms with Crippen LogP contribution >= 0.6 is 0 Å². The van der Waals surface area contributed by atoms with Crippen molar-refractivity contribution in [3.63, 3.8) is 0 Å². The molecule has 0 fully saturated rings. The van der Waals surface area contributed by atoms with Gasteiger partial charge >= 0.3 is 0 Å². The van der Waals surface area contributed by atoms with Crippen LogP contribution in [0.15, 0.2) is 6.07 Å². The summed E-state index contributed by atoms with van der Waals surface area (Å²) in [7, 11) is -0.784. The number of aromatic nitrogens is 2. The zero-order valence-corrected chi connectivity index (χ0v) is 13.0. The third kappa shape index (κ3) is 6.27. The van der Waals surface area contributed by atoms with Gasteiger partial charge in [0.25, 0.3) is 0 Å². The fourth-order valence-corrected chi connectivity index (χ4v) is 2.26. The van der Waals surface area contributed by atoms with Crippen molar-refractivity contribution in [3.8, 4) is 0 Å². The van der Waals surface area contributed by atoms with Crippen molar-refractivity contribution in [1.82, 2.24) is 9.97 Å². The van der Waals surface area contributed by atoms with E-state index in [9.17, 15) is 4.21 Å². The number of ether oxygens (including phenoxy) is 1. The first kappa shape index (κ1) is 16.8. The first-order valence-corrected chi connectivity index (χ1v) is 8.26. The number of hydrogen-bond acceptors (Lipinski definition) is 7. The van der Waals surface area contributed by atoms with Crippen LogP contribution in [0, 0.1) is 0 Å². The lowest BCUT2D eigenvalue weighted by Gasteiger charge is -2.15. The second kappa shape index (κ2) is 8.83. The summed E-state index contributed by atoms with van der Waals surface area (Å²) < 4.78 is 16.4. The molecule has 0 spiro atoms. The number of nitrogens with zero attached hydrogens (tertiary/aromatic N) is 2. The van der Waals surface area contributed by atoms with Crippen molar-refractivity contribution < 1.29 is 8.95 Å². The Labute approximate surface area is 122 Å². The van der Waals surface area contributed by atoms with E-state index in [0.717, 1.165) is 6.42 Å². The number of hydrazine groups is 1. The van der Waals surface area contributed by atoms with Crippen molar-refractivity contribution in [3.05, 3.63) is 11.9 Å². The summed E-state index contributed by atoms with van der Waals surface area (Å²) in [6, 6.07) is 1.90. The van der Waals surface area contributed by atoms with Gasteiger partial charge in [0.1, 0.15) is 18.2 Å². The van der Waals surface area contributed by atoms with Crippen LogP contribution < -0.4 is 16.6 Å². The van der Waals surface area contributed by atoms with Crippen molar-refractivity contribution in [1.29, 1.82) is 0 Å². The molecular weight excluding hydrogens is 278 g/mol. The Bertz CT molecular complexity index is 444. The minimum absolute atomic E-state index is 0.166. The largest absolute Gasteiger partial charge is 0.374 e. The first-order valence-electron chi connectivity index (χ1n) is 6.54. The molecule has 0 aliphatic rings. The molecule has 0 saturated heterocycles. The molecule has 20 heavy (non-hydrogen) atoms. The molecule has 8 heteroatoms. The van der Waals surface area contributed by atoms with Crippen LogP contribution in [0.1, 0.15) is 26.1 Å². The molecule has 2 atom stereocenters. The minimum Gasteiger partial charge on any atom is -0.374 e. The predicted octanol–water partition coefficient (Wildman–Crippen LogP) is 0.868. The van der Waals surface area contributed by atoms with Gasteiger partial charge < -0.3 is 15.5 Å². The highest BCUT2D eigenvalue weighted by Crippen LogP contribution is 2.13. The van der Waals surface area contributed by atoms with Crippen LogP contribution in [0.5, 0.6) is 0 Å². The van der Waals surface area contributed by atoms with Crippen LogP contribution in [0.2, 0.25) is 0 Å². The summed E-state index contributed by atoms with van der Waals surface area (Å²) in [6.45, 7) is 4.88. The third-order valence-corrected chi connectivity index (χ3v) is 3.40. The maximum atomic E-state index is 11.1. The monoisotopic (exact) mass is 301 g/mol. The summed E-state index contributed by atoms with van der Waals surface area (Å²) in [6.07, 6.45) is 2.51.